The maximum atomic E-state index is 11.1. The van der Waals surface area contributed by atoms with Crippen molar-refractivity contribution in [1.82, 2.24) is 4.90 Å². The van der Waals surface area contributed by atoms with Gasteiger partial charge in [-0.15, -0.1) is 0 Å². The molecule has 0 aromatic heterocycles. The Morgan fingerprint density at radius 1 is 1.18 bits per heavy atom. The number of ether oxygens (including phenoxy) is 1. The van der Waals surface area contributed by atoms with Gasteiger partial charge < -0.3 is 9.64 Å². The van der Waals surface area contributed by atoms with Gasteiger partial charge in [-0.2, -0.15) is 0 Å². The molecule has 0 aliphatic heterocycles. The number of likely N-dealkylation sites (N-methyl/N-ethyl adjacent to an activating group) is 1. The molecule has 100 valence electrons. The predicted octanol–water partition coefficient (Wildman–Crippen LogP) is 2.39. The highest BCUT2D eigenvalue weighted by Crippen LogP contribution is 1.97. The first-order valence-electron chi connectivity index (χ1n) is 5.96. The highest BCUT2D eigenvalue weighted by molar-refractivity contribution is 5.87. The van der Waals surface area contributed by atoms with E-state index in [1.54, 1.807) is 27.0 Å². The summed E-state index contributed by atoms with van der Waals surface area (Å²) in [5.41, 5.74) is 0.528. The second-order valence-electron chi connectivity index (χ2n) is 3.71. The van der Waals surface area contributed by atoms with Crippen molar-refractivity contribution in [3.05, 3.63) is 11.6 Å². The van der Waals surface area contributed by atoms with E-state index in [0.717, 1.165) is 0 Å². The fraction of sp³-hybridized carbons (Fsp3) is 0.692. The van der Waals surface area contributed by atoms with Crippen LogP contribution in [-0.4, -0.2) is 37.0 Å². The van der Waals surface area contributed by atoms with Gasteiger partial charge in [-0.3, -0.25) is 4.79 Å². The minimum atomic E-state index is -0.329. The molecular weight excluding hydrogens is 218 g/mol. The molecule has 4 heteroatoms. The number of esters is 1. The molecule has 0 saturated heterocycles. The fourth-order valence-corrected chi connectivity index (χ4v) is 0.731. The average Bonchev–Trinajstić information content (AvgIpc) is 2.26. The summed E-state index contributed by atoms with van der Waals surface area (Å²) >= 11 is 0. The van der Waals surface area contributed by atoms with Crippen molar-refractivity contribution in [2.75, 3.05) is 20.2 Å². The van der Waals surface area contributed by atoms with E-state index in [9.17, 15) is 9.59 Å². The van der Waals surface area contributed by atoms with Crippen LogP contribution in [0.25, 0.3) is 0 Å². The summed E-state index contributed by atoms with van der Waals surface area (Å²) in [6.07, 6.45) is 2.93. The lowest BCUT2D eigenvalue weighted by molar-refractivity contribution is -0.138. The second-order valence-corrected chi connectivity index (χ2v) is 3.71. The Hall–Kier alpha value is -1.32. The van der Waals surface area contributed by atoms with Crippen molar-refractivity contribution in [3.63, 3.8) is 0 Å². The van der Waals surface area contributed by atoms with Gasteiger partial charge >= 0.3 is 5.97 Å². The van der Waals surface area contributed by atoms with Gasteiger partial charge in [0.05, 0.1) is 6.61 Å². The summed E-state index contributed by atoms with van der Waals surface area (Å²) in [5.74, 6) is -0.359. The first kappa shape index (κ1) is 18.1. The zero-order chi connectivity index (χ0) is 13.8. The molecule has 0 aliphatic rings. The van der Waals surface area contributed by atoms with E-state index in [-0.39, 0.29) is 11.9 Å². The lowest BCUT2D eigenvalue weighted by Crippen LogP contribution is -2.24. The van der Waals surface area contributed by atoms with Gasteiger partial charge in [-0.05, 0) is 13.8 Å². The third-order valence-electron chi connectivity index (χ3n) is 1.81. The van der Waals surface area contributed by atoms with Gasteiger partial charge in [0.1, 0.15) is 0 Å². The van der Waals surface area contributed by atoms with E-state index in [1.165, 1.54) is 18.2 Å². The number of hydrogen-bond donors (Lipinski definition) is 0. The normalized spacial score (nSPS) is 10.1. The Bertz CT molecular complexity index is 259. The van der Waals surface area contributed by atoms with Gasteiger partial charge in [0.25, 0.3) is 0 Å². The minimum absolute atomic E-state index is 0.0297. The smallest absolute Gasteiger partial charge is 0.333 e. The number of hydrogen-bond acceptors (Lipinski definition) is 3. The fourth-order valence-electron chi connectivity index (χ4n) is 0.731. The molecule has 0 fully saturated rings. The van der Waals surface area contributed by atoms with Crippen LogP contribution in [0.15, 0.2) is 11.6 Å². The number of carbonyl (C=O) groups excluding carboxylic acids is 2. The molecule has 0 unspecified atom stereocenters. The van der Waals surface area contributed by atoms with Crippen LogP contribution in [0.4, 0.5) is 0 Å². The van der Waals surface area contributed by atoms with Crippen LogP contribution >= 0.6 is 0 Å². The number of carbonyl (C=O) groups is 2. The highest BCUT2D eigenvalue weighted by atomic mass is 16.5. The van der Waals surface area contributed by atoms with E-state index in [1.807, 2.05) is 0 Å². The Kier molecular flexibility index (Phi) is 11.9. The number of amides is 1. The van der Waals surface area contributed by atoms with Crippen LogP contribution < -0.4 is 0 Å². The molecule has 4 nitrogen and oxygen atoms in total. The monoisotopic (exact) mass is 243 g/mol. The van der Waals surface area contributed by atoms with E-state index >= 15 is 0 Å². The topological polar surface area (TPSA) is 46.6 Å². The predicted molar refractivity (Wildman–Crippen MR) is 69.7 cm³/mol. The Balaban J connectivity index is 0. The van der Waals surface area contributed by atoms with Gasteiger partial charge in [0, 0.05) is 26.1 Å². The standard InChI is InChI=1S/C10H17NO3.C3H8/c1-5-14-10(13)8(2)6-7-11(4)9(3)12;1-3-2/h6H,5,7H2,1-4H3;3H2,1-2H3/b8-6+;. The highest BCUT2D eigenvalue weighted by Gasteiger charge is 2.05. The molecule has 1 amide bonds. The van der Waals surface area contributed by atoms with Crippen molar-refractivity contribution in [2.45, 2.75) is 41.0 Å². The molecular formula is C13H25NO3. The molecule has 0 atom stereocenters. The van der Waals surface area contributed by atoms with Crippen LogP contribution in [0.5, 0.6) is 0 Å². The van der Waals surface area contributed by atoms with Crippen molar-refractivity contribution in [2.24, 2.45) is 0 Å². The Morgan fingerprint density at radius 2 is 1.65 bits per heavy atom. The maximum absolute atomic E-state index is 11.1. The molecule has 0 bridgehead atoms. The van der Waals surface area contributed by atoms with Crippen LogP contribution in [0.2, 0.25) is 0 Å². The Morgan fingerprint density at radius 3 is 2.00 bits per heavy atom. The first-order valence-corrected chi connectivity index (χ1v) is 5.96. The van der Waals surface area contributed by atoms with Gasteiger partial charge in [-0.1, -0.05) is 26.3 Å². The lowest BCUT2D eigenvalue weighted by Gasteiger charge is -2.11. The third kappa shape index (κ3) is 11.0. The van der Waals surface area contributed by atoms with Crippen LogP contribution in [0.3, 0.4) is 0 Å². The van der Waals surface area contributed by atoms with Crippen molar-refractivity contribution in [3.8, 4) is 0 Å². The molecule has 0 rings (SSSR count). The van der Waals surface area contributed by atoms with E-state index in [4.69, 9.17) is 4.74 Å². The summed E-state index contributed by atoms with van der Waals surface area (Å²) < 4.78 is 4.79. The van der Waals surface area contributed by atoms with Gasteiger partial charge in [0.2, 0.25) is 5.91 Å². The minimum Gasteiger partial charge on any atom is -0.463 e. The molecule has 17 heavy (non-hydrogen) atoms. The Labute approximate surface area is 105 Å². The van der Waals surface area contributed by atoms with E-state index in [0.29, 0.717) is 18.7 Å². The maximum Gasteiger partial charge on any atom is 0.333 e. The van der Waals surface area contributed by atoms with E-state index < -0.39 is 0 Å². The van der Waals surface area contributed by atoms with Crippen LogP contribution in [-0.2, 0) is 14.3 Å². The van der Waals surface area contributed by atoms with Crippen LogP contribution in [0, 0.1) is 0 Å². The summed E-state index contributed by atoms with van der Waals surface area (Å²) in [4.78, 5) is 23.5. The molecule has 0 heterocycles. The van der Waals surface area contributed by atoms with Crippen molar-refractivity contribution < 1.29 is 14.3 Å². The first-order chi connectivity index (χ1) is 7.90. The van der Waals surface area contributed by atoms with Gasteiger partial charge in [-0.25, -0.2) is 4.79 Å². The SMILES string of the molecule is CCC.CCOC(=O)/C(C)=C/CN(C)C(C)=O. The summed E-state index contributed by atoms with van der Waals surface area (Å²) in [7, 11) is 1.68. The number of nitrogens with zero attached hydrogens (tertiary/aromatic N) is 1. The molecule has 0 spiro atoms. The molecule has 0 aromatic rings. The van der Waals surface area contributed by atoms with Crippen molar-refractivity contribution in [1.29, 1.82) is 0 Å². The molecule has 0 radical (unpaired) electrons. The third-order valence-corrected chi connectivity index (χ3v) is 1.81. The van der Waals surface area contributed by atoms with Crippen molar-refractivity contribution >= 4 is 11.9 Å². The van der Waals surface area contributed by atoms with Gasteiger partial charge in [0.15, 0.2) is 0 Å². The molecule has 0 aromatic carbocycles. The largest absolute Gasteiger partial charge is 0.463 e. The molecule has 0 aliphatic carbocycles. The van der Waals surface area contributed by atoms with E-state index in [2.05, 4.69) is 13.8 Å². The summed E-state index contributed by atoms with van der Waals surface area (Å²) in [6, 6.07) is 0. The zero-order valence-electron chi connectivity index (χ0n) is 11.9. The molecule has 0 saturated carbocycles. The summed E-state index contributed by atoms with van der Waals surface area (Å²) in [6.45, 7) is 9.96. The zero-order valence-corrected chi connectivity index (χ0v) is 11.9. The number of rotatable bonds is 4. The average molecular weight is 243 g/mol. The molecule has 0 N–H and O–H groups in total. The quantitative estimate of drug-likeness (QED) is 0.562. The lowest BCUT2D eigenvalue weighted by atomic mass is 10.3. The summed E-state index contributed by atoms with van der Waals surface area (Å²) in [5, 5.41) is 0. The van der Waals surface area contributed by atoms with Crippen LogP contribution in [0.1, 0.15) is 41.0 Å². The second kappa shape index (κ2) is 11.2.